The predicted molar refractivity (Wildman–Crippen MR) is 105 cm³/mol. The topological polar surface area (TPSA) is 97.6 Å². The second kappa shape index (κ2) is 11.4. The van der Waals surface area contributed by atoms with Crippen LogP contribution in [-0.4, -0.2) is 37.2 Å². The largest absolute Gasteiger partial charge is 0.465 e. The summed E-state index contributed by atoms with van der Waals surface area (Å²) in [4.78, 5) is 35.4. The van der Waals surface area contributed by atoms with Gasteiger partial charge in [-0.25, -0.2) is 4.79 Å². The van der Waals surface area contributed by atoms with Crippen LogP contribution in [0.15, 0.2) is 54.9 Å². The third-order valence-electron chi connectivity index (χ3n) is 3.91. The van der Waals surface area contributed by atoms with E-state index >= 15 is 0 Å². The molecule has 0 spiro atoms. The first-order valence-electron chi connectivity index (χ1n) is 9.38. The van der Waals surface area contributed by atoms with E-state index < -0.39 is 18.0 Å². The van der Waals surface area contributed by atoms with Crippen molar-refractivity contribution in [2.75, 3.05) is 13.2 Å². The molecule has 0 saturated carbocycles. The van der Waals surface area contributed by atoms with Crippen molar-refractivity contribution in [2.45, 2.75) is 33.0 Å². The molecule has 2 aromatic rings. The molecule has 1 aromatic carbocycles. The van der Waals surface area contributed by atoms with E-state index in [2.05, 4.69) is 10.6 Å². The maximum atomic E-state index is 12.1. The minimum Gasteiger partial charge on any atom is -0.465 e. The van der Waals surface area contributed by atoms with Crippen molar-refractivity contribution in [3.05, 3.63) is 66.0 Å². The summed E-state index contributed by atoms with van der Waals surface area (Å²) in [5.41, 5.74) is 1.45. The van der Waals surface area contributed by atoms with E-state index in [0.29, 0.717) is 12.0 Å². The van der Waals surface area contributed by atoms with Gasteiger partial charge in [-0.1, -0.05) is 30.3 Å². The number of alkyl carbamates (subject to hydrolysis) is 1. The Labute approximate surface area is 169 Å². The van der Waals surface area contributed by atoms with Crippen molar-refractivity contribution in [1.82, 2.24) is 10.6 Å². The van der Waals surface area contributed by atoms with Crippen LogP contribution in [0.1, 0.15) is 29.8 Å². The van der Waals surface area contributed by atoms with E-state index in [0.717, 1.165) is 5.56 Å². The molecule has 2 amide bonds. The van der Waals surface area contributed by atoms with Gasteiger partial charge in [-0.15, -0.1) is 0 Å². The summed E-state index contributed by atoms with van der Waals surface area (Å²) in [5.74, 6) is -0.928. The molecule has 1 atom stereocenters. The van der Waals surface area contributed by atoms with Crippen LogP contribution in [0.4, 0.5) is 4.79 Å². The first-order chi connectivity index (χ1) is 14.0. The van der Waals surface area contributed by atoms with Gasteiger partial charge in [-0.2, -0.15) is 4.57 Å². The Morgan fingerprint density at radius 1 is 1.07 bits per heavy atom. The first kappa shape index (κ1) is 21.9. The third kappa shape index (κ3) is 8.00. The molecule has 0 saturated heterocycles. The lowest BCUT2D eigenvalue weighted by atomic mass is 10.1. The van der Waals surface area contributed by atoms with Crippen molar-refractivity contribution in [1.29, 1.82) is 0 Å². The fourth-order valence-corrected chi connectivity index (χ4v) is 2.60. The standard InChI is InChI=1S/C21H25N3O5/c1-3-28-19(25)13-22-20(26)18-10-7-11-24(14-18)15-29-21(27)23-16(2)12-17-8-5-4-6-9-17/h4-11,14,16H,3,12-13,15H2,1-2H3,(H-,22,23,26,27)/p+1/t16-/m0/s1. The van der Waals surface area contributed by atoms with Gasteiger partial charge in [-0.05, 0) is 31.9 Å². The number of benzene rings is 1. The molecule has 0 aliphatic rings. The zero-order chi connectivity index (χ0) is 21.1. The van der Waals surface area contributed by atoms with Crippen LogP contribution in [0, 0.1) is 0 Å². The normalized spacial score (nSPS) is 11.2. The number of rotatable bonds is 9. The summed E-state index contributed by atoms with van der Waals surface area (Å²) >= 11 is 0. The van der Waals surface area contributed by atoms with Crippen LogP contribution >= 0.6 is 0 Å². The number of esters is 1. The van der Waals surface area contributed by atoms with E-state index in [-0.39, 0.29) is 25.9 Å². The number of amides is 2. The maximum Gasteiger partial charge on any atom is 0.412 e. The quantitative estimate of drug-likeness (QED) is 0.492. The highest BCUT2D eigenvalue weighted by Crippen LogP contribution is 2.03. The molecule has 0 bridgehead atoms. The van der Waals surface area contributed by atoms with Gasteiger partial charge in [0.1, 0.15) is 12.1 Å². The Bertz CT molecular complexity index is 826. The van der Waals surface area contributed by atoms with Gasteiger partial charge in [0.25, 0.3) is 12.6 Å². The molecule has 1 heterocycles. The molecular weight excluding hydrogens is 374 g/mol. The Kier molecular flexibility index (Phi) is 8.62. The van der Waals surface area contributed by atoms with Crippen LogP contribution in [0.3, 0.4) is 0 Å². The highest BCUT2D eigenvalue weighted by Gasteiger charge is 2.14. The van der Waals surface area contributed by atoms with Crippen molar-refractivity contribution >= 4 is 18.0 Å². The van der Waals surface area contributed by atoms with Crippen molar-refractivity contribution in [3.63, 3.8) is 0 Å². The molecule has 29 heavy (non-hydrogen) atoms. The van der Waals surface area contributed by atoms with Gasteiger partial charge >= 0.3 is 12.1 Å². The highest BCUT2D eigenvalue weighted by atomic mass is 16.6. The minimum atomic E-state index is -0.543. The number of hydrogen-bond acceptors (Lipinski definition) is 5. The molecule has 2 rings (SSSR count). The second-order valence-corrected chi connectivity index (χ2v) is 6.39. The van der Waals surface area contributed by atoms with Gasteiger partial charge in [0, 0.05) is 12.1 Å². The number of aromatic nitrogens is 1. The number of nitrogens with one attached hydrogen (secondary N) is 2. The summed E-state index contributed by atoms with van der Waals surface area (Å²) < 4.78 is 11.5. The summed E-state index contributed by atoms with van der Waals surface area (Å²) in [7, 11) is 0. The lowest BCUT2D eigenvalue weighted by molar-refractivity contribution is -0.727. The van der Waals surface area contributed by atoms with Crippen molar-refractivity contribution in [2.24, 2.45) is 0 Å². The van der Waals surface area contributed by atoms with Gasteiger partial charge in [0.05, 0.1) is 6.61 Å². The SMILES string of the molecule is CCOC(=O)CNC(=O)c1ccc[n+](COC(=O)N[C@@H](C)Cc2ccccc2)c1. The minimum absolute atomic E-state index is 0.0527. The molecule has 1 aromatic heterocycles. The maximum absolute atomic E-state index is 12.1. The van der Waals surface area contributed by atoms with Gasteiger partial charge < -0.3 is 20.1 Å². The molecule has 0 aliphatic heterocycles. The number of carbonyl (C=O) groups is 3. The van der Waals surface area contributed by atoms with E-state index in [1.54, 1.807) is 29.8 Å². The number of carbonyl (C=O) groups excluding carboxylic acids is 3. The lowest BCUT2D eigenvalue weighted by Crippen LogP contribution is -2.41. The molecule has 0 unspecified atom stereocenters. The summed E-state index contributed by atoms with van der Waals surface area (Å²) in [6.45, 7) is 3.58. The number of ether oxygens (including phenoxy) is 2. The van der Waals surface area contributed by atoms with E-state index in [4.69, 9.17) is 9.47 Å². The molecule has 154 valence electrons. The fourth-order valence-electron chi connectivity index (χ4n) is 2.60. The molecule has 0 fully saturated rings. The highest BCUT2D eigenvalue weighted by molar-refractivity contribution is 5.95. The second-order valence-electron chi connectivity index (χ2n) is 6.39. The van der Waals surface area contributed by atoms with E-state index in [9.17, 15) is 14.4 Å². The molecule has 0 radical (unpaired) electrons. The van der Waals surface area contributed by atoms with Crippen LogP contribution in [0.5, 0.6) is 0 Å². The molecule has 8 nitrogen and oxygen atoms in total. The predicted octanol–water partition coefficient (Wildman–Crippen LogP) is 1.58. The monoisotopic (exact) mass is 400 g/mol. The molecule has 8 heteroatoms. The number of nitrogens with zero attached hydrogens (tertiary/aromatic N) is 1. The smallest absolute Gasteiger partial charge is 0.412 e. The van der Waals surface area contributed by atoms with Gasteiger partial charge in [0.15, 0.2) is 12.4 Å². The van der Waals surface area contributed by atoms with Crippen molar-refractivity contribution < 1.29 is 28.4 Å². The van der Waals surface area contributed by atoms with Crippen LogP contribution in [0.25, 0.3) is 0 Å². The number of hydrogen-bond donors (Lipinski definition) is 2. The van der Waals surface area contributed by atoms with E-state index in [1.807, 2.05) is 37.3 Å². The fraction of sp³-hybridized carbons (Fsp3) is 0.333. The Morgan fingerprint density at radius 2 is 1.83 bits per heavy atom. The molecular formula is C21H26N3O5+. The first-order valence-corrected chi connectivity index (χ1v) is 9.38. The van der Waals surface area contributed by atoms with E-state index in [1.165, 1.54) is 6.20 Å². The van der Waals surface area contributed by atoms with Gasteiger partial charge in [0.2, 0.25) is 0 Å². The Morgan fingerprint density at radius 3 is 2.55 bits per heavy atom. The molecule has 0 aliphatic carbocycles. The van der Waals surface area contributed by atoms with Gasteiger partial charge in [-0.3, -0.25) is 9.59 Å². The average Bonchev–Trinajstić information content (AvgIpc) is 2.71. The van der Waals surface area contributed by atoms with Crippen LogP contribution in [-0.2, 0) is 27.4 Å². The lowest BCUT2D eigenvalue weighted by Gasteiger charge is -2.13. The Balaban J connectivity index is 1.79. The average molecular weight is 400 g/mol. The zero-order valence-electron chi connectivity index (χ0n) is 16.6. The van der Waals surface area contributed by atoms with Crippen LogP contribution < -0.4 is 15.2 Å². The zero-order valence-corrected chi connectivity index (χ0v) is 16.6. The Hall–Kier alpha value is -3.42. The van der Waals surface area contributed by atoms with Crippen molar-refractivity contribution in [3.8, 4) is 0 Å². The third-order valence-corrected chi connectivity index (χ3v) is 3.91. The number of pyridine rings is 1. The molecule has 2 N–H and O–H groups in total. The summed E-state index contributed by atoms with van der Waals surface area (Å²) in [6.07, 6.45) is 3.35. The summed E-state index contributed by atoms with van der Waals surface area (Å²) in [6, 6.07) is 13.0. The van der Waals surface area contributed by atoms with Crippen LogP contribution in [0.2, 0.25) is 0 Å². The summed E-state index contributed by atoms with van der Waals surface area (Å²) in [5, 5.41) is 5.25.